The number of hydrogen-bond donors (Lipinski definition) is 2. The molecule has 3 nitrogen and oxygen atoms in total. The van der Waals surface area contributed by atoms with Crippen LogP contribution in [0.1, 0.15) is 17.9 Å². The third-order valence-electron chi connectivity index (χ3n) is 3.10. The number of hydrogen-bond acceptors (Lipinski definition) is 2. The summed E-state index contributed by atoms with van der Waals surface area (Å²) < 4.78 is 12.8. The molecular weight excluding hydrogens is 245 g/mol. The molecule has 0 saturated carbocycles. The van der Waals surface area contributed by atoms with Gasteiger partial charge in [0.05, 0.1) is 5.92 Å². The van der Waals surface area contributed by atoms with E-state index in [2.05, 4.69) is 5.32 Å². The maximum absolute atomic E-state index is 12.8. The molecule has 2 N–H and O–H groups in total. The van der Waals surface area contributed by atoms with Crippen molar-refractivity contribution in [3.8, 4) is 0 Å². The fourth-order valence-corrected chi connectivity index (χ4v) is 2.21. The van der Waals surface area contributed by atoms with Gasteiger partial charge in [0.2, 0.25) is 0 Å². The van der Waals surface area contributed by atoms with Crippen LogP contribution in [0.5, 0.6) is 0 Å². The molecule has 2 rings (SSSR count). The third kappa shape index (κ3) is 3.17. The molecule has 1 aromatic carbocycles. The number of benzene rings is 1. The number of carboxylic acid groups (broad SMARTS) is 1. The molecule has 0 radical (unpaired) electrons. The second-order valence-electron chi connectivity index (χ2n) is 4.10. The lowest BCUT2D eigenvalue weighted by Gasteiger charge is -2.29. The topological polar surface area (TPSA) is 49.3 Å². The molecule has 94 valence electrons. The van der Waals surface area contributed by atoms with Gasteiger partial charge in [-0.05, 0) is 30.7 Å². The Balaban J connectivity index is 0.00000144. The van der Waals surface area contributed by atoms with E-state index >= 15 is 0 Å². The lowest BCUT2D eigenvalue weighted by atomic mass is 9.81. The van der Waals surface area contributed by atoms with Crippen LogP contribution >= 0.6 is 12.4 Å². The van der Waals surface area contributed by atoms with Gasteiger partial charge in [0.15, 0.2) is 0 Å². The van der Waals surface area contributed by atoms with E-state index in [1.54, 1.807) is 12.1 Å². The van der Waals surface area contributed by atoms with E-state index in [-0.39, 0.29) is 30.1 Å². The van der Waals surface area contributed by atoms with Crippen molar-refractivity contribution in [2.45, 2.75) is 12.3 Å². The zero-order valence-electron chi connectivity index (χ0n) is 9.23. The van der Waals surface area contributed by atoms with Gasteiger partial charge in [-0.25, -0.2) is 4.39 Å². The number of rotatable bonds is 2. The van der Waals surface area contributed by atoms with Crippen molar-refractivity contribution in [2.24, 2.45) is 5.92 Å². The standard InChI is InChI=1S/C12H14FNO2.ClH/c13-9-3-1-8(2-4-9)11-7-14-6-5-10(11)12(15)16;/h1-4,10-11,14H,5-7H2,(H,15,16);1H/t10-,11+;/m1./s1. The van der Waals surface area contributed by atoms with Gasteiger partial charge in [-0.1, -0.05) is 12.1 Å². The average molecular weight is 260 g/mol. The molecule has 2 atom stereocenters. The Morgan fingerprint density at radius 1 is 1.35 bits per heavy atom. The van der Waals surface area contributed by atoms with Crippen molar-refractivity contribution in [1.82, 2.24) is 5.32 Å². The van der Waals surface area contributed by atoms with Crippen LogP contribution in [0.25, 0.3) is 0 Å². The quantitative estimate of drug-likeness (QED) is 0.854. The van der Waals surface area contributed by atoms with Gasteiger partial charge >= 0.3 is 5.97 Å². The Morgan fingerprint density at radius 2 is 2.00 bits per heavy atom. The van der Waals surface area contributed by atoms with E-state index in [4.69, 9.17) is 5.11 Å². The second kappa shape index (κ2) is 5.98. The Labute approximate surface area is 105 Å². The van der Waals surface area contributed by atoms with Crippen LogP contribution in [0.2, 0.25) is 0 Å². The molecule has 1 heterocycles. The smallest absolute Gasteiger partial charge is 0.307 e. The molecule has 1 aliphatic heterocycles. The Hall–Kier alpha value is -1.13. The number of nitrogens with one attached hydrogen (secondary N) is 1. The molecule has 1 saturated heterocycles. The van der Waals surface area contributed by atoms with Crippen LogP contribution in [0, 0.1) is 11.7 Å². The van der Waals surface area contributed by atoms with Crippen molar-refractivity contribution >= 4 is 18.4 Å². The molecule has 1 fully saturated rings. The lowest BCUT2D eigenvalue weighted by Crippen LogP contribution is -2.38. The molecule has 0 spiro atoms. The SMILES string of the molecule is Cl.O=C(O)[C@@H]1CCNC[C@H]1c1ccc(F)cc1. The minimum atomic E-state index is -0.768. The zero-order valence-corrected chi connectivity index (χ0v) is 10.0. The average Bonchev–Trinajstić information content (AvgIpc) is 2.30. The Kier molecular flexibility index (Phi) is 4.90. The van der Waals surface area contributed by atoms with Gasteiger partial charge < -0.3 is 10.4 Å². The molecule has 0 aliphatic carbocycles. The fourth-order valence-electron chi connectivity index (χ4n) is 2.21. The Bertz CT molecular complexity index is 383. The van der Waals surface area contributed by atoms with Gasteiger partial charge in [-0.2, -0.15) is 0 Å². The minimum absolute atomic E-state index is 0. The van der Waals surface area contributed by atoms with Crippen molar-refractivity contribution in [3.05, 3.63) is 35.6 Å². The maximum atomic E-state index is 12.8. The van der Waals surface area contributed by atoms with Crippen molar-refractivity contribution in [2.75, 3.05) is 13.1 Å². The monoisotopic (exact) mass is 259 g/mol. The number of carbonyl (C=O) groups is 1. The van der Waals surface area contributed by atoms with E-state index in [0.717, 1.165) is 12.1 Å². The summed E-state index contributed by atoms with van der Waals surface area (Å²) in [4.78, 5) is 11.1. The number of piperidine rings is 1. The molecule has 0 aromatic heterocycles. The summed E-state index contributed by atoms with van der Waals surface area (Å²) in [6.45, 7) is 1.37. The summed E-state index contributed by atoms with van der Waals surface area (Å²) in [6.07, 6.45) is 0.622. The lowest BCUT2D eigenvalue weighted by molar-refractivity contribution is -0.143. The predicted molar refractivity (Wildman–Crippen MR) is 65.0 cm³/mol. The first-order chi connectivity index (χ1) is 7.68. The highest BCUT2D eigenvalue weighted by molar-refractivity contribution is 5.85. The van der Waals surface area contributed by atoms with Gasteiger partial charge in [0.25, 0.3) is 0 Å². The summed E-state index contributed by atoms with van der Waals surface area (Å²) in [7, 11) is 0. The Morgan fingerprint density at radius 3 is 2.59 bits per heavy atom. The fraction of sp³-hybridized carbons (Fsp3) is 0.417. The van der Waals surface area contributed by atoms with Gasteiger partial charge in [0, 0.05) is 12.5 Å². The van der Waals surface area contributed by atoms with Gasteiger partial charge in [-0.15, -0.1) is 12.4 Å². The number of aliphatic carboxylic acids is 1. The van der Waals surface area contributed by atoms with Crippen LogP contribution < -0.4 is 5.32 Å². The van der Waals surface area contributed by atoms with E-state index in [1.165, 1.54) is 12.1 Å². The molecule has 17 heavy (non-hydrogen) atoms. The summed E-state index contributed by atoms with van der Waals surface area (Å²) >= 11 is 0. The van der Waals surface area contributed by atoms with E-state index < -0.39 is 5.97 Å². The summed E-state index contributed by atoms with van der Waals surface area (Å²) in [5, 5.41) is 12.3. The second-order valence-corrected chi connectivity index (χ2v) is 4.10. The van der Waals surface area contributed by atoms with E-state index in [0.29, 0.717) is 13.0 Å². The van der Waals surface area contributed by atoms with Crippen LogP contribution in [0.3, 0.4) is 0 Å². The molecule has 5 heteroatoms. The van der Waals surface area contributed by atoms with E-state index in [9.17, 15) is 9.18 Å². The maximum Gasteiger partial charge on any atom is 0.307 e. The van der Waals surface area contributed by atoms with Crippen LogP contribution in [0.15, 0.2) is 24.3 Å². The van der Waals surface area contributed by atoms with Gasteiger partial charge in [0.1, 0.15) is 5.82 Å². The first-order valence-corrected chi connectivity index (χ1v) is 5.37. The van der Waals surface area contributed by atoms with Crippen LogP contribution in [0.4, 0.5) is 4.39 Å². The van der Waals surface area contributed by atoms with Crippen molar-refractivity contribution in [1.29, 1.82) is 0 Å². The zero-order chi connectivity index (χ0) is 11.5. The third-order valence-corrected chi connectivity index (χ3v) is 3.10. The number of carboxylic acids is 1. The molecule has 0 amide bonds. The molecule has 0 unspecified atom stereocenters. The molecule has 1 aliphatic rings. The highest BCUT2D eigenvalue weighted by atomic mass is 35.5. The first kappa shape index (κ1) is 13.9. The van der Waals surface area contributed by atoms with Crippen molar-refractivity contribution < 1.29 is 14.3 Å². The van der Waals surface area contributed by atoms with Gasteiger partial charge in [-0.3, -0.25) is 4.79 Å². The van der Waals surface area contributed by atoms with Crippen LogP contribution in [-0.2, 0) is 4.79 Å². The highest BCUT2D eigenvalue weighted by Gasteiger charge is 2.31. The molecule has 0 bridgehead atoms. The first-order valence-electron chi connectivity index (χ1n) is 5.37. The largest absolute Gasteiger partial charge is 0.481 e. The molecular formula is C12H15ClFNO2. The summed E-state index contributed by atoms with van der Waals surface area (Å²) in [5.41, 5.74) is 0.890. The summed E-state index contributed by atoms with van der Waals surface area (Å²) in [5.74, 6) is -1.49. The van der Waals surface area contributed by atoms with Crippen LogP contribution in [-0.4, -0.2) is 24.2 Å². The molecule has 1 aromatic rings. The summed E-state index contributed by atoms with van der Waals surface area (Å²) in [6, 6.07) is 6.09. The number of halogens is 2. The normalized spacial score (nSPS) is 23.8. The highest BCUT2D eigenvalue weighted by Crippen LogP contribution is 2.29. The minimum Gasteiger partial charge on any atom is -0.481 e. The van der Waals surface area contributed by atoms with Crippen molar-refractivity contribution in [3.63, 3.8) is 0 Å². The van der Waals surface area contributed by atoms with E-state index in [1.807, 2.05) is 0 Å². The predicted octanol–water partition coefficient (Wildman–Crippen LogP) is 2.03.